The summed E-state index contributed by atoms with van der Waals surface area (Å²) in [5.41, 5.74) is 0. The van der Waals surface area contributed by atoms with Crippen molar-refractivity contribution in [3.05, 3.63) is 0 Å². The molecule has 2 N–H and O–H groups in total. The first-order valence-corrected chi connectivity index (χ1v) is 7.63. The zero-order valence-corrected chi connectivity index (χ0v) is 11.5. The predicted octanol–water partition coefficient (Wildman–Crippen LogP) is 2.62. The van der Waals surface area contributed by atoms with Gasteiger partial charge >= 0.3 is 0 Å². The molecule has 3 nitrogen and oxygen atoms in total. The number of nitrogens with one attached hydrogen (secondary N) is 1. The van der Waals surface area contributed by atoms with Crippen LogP contribution in [0.15, 0.2) is 0 Å². The molecular weight excluding hydrogens is 226 g/mol. The minimum atomic E-state index is -0.144. The molecule has 0 aromatic carbocycles. The molecule has 0 bridgehead atoms. The van der Waals surface area contributed by atoms with Gasteiger partial charge in [0.15, 0.2) is 0 Å². The number of carbonyl (C=O) groups is 1. The Morgan fingerprint density at radius 2 is 1.78 bits per heavy atom. The van der Waals surface area contributed by atoms with E-state index in [2.05, 4.69) is 12.2 Å². The van der Waals surface area contributed by atoms with Gasteiger partial charge in [-0.15, -0.1) is 0 Å². The average molecular weight is 253 g/mol. The molecule has 3 heteroatoms. The van der Waals surface area contributed by atoms with E-state index in [1.807, 2.05) is 0 Å². The van der Waals surface area contributed by atoms with E-state index in [9.17, 15) is 9.90 Å². The maximum absolute atomic E-state index is 12.1. The molecule has 2 rings (SSSR count). The highest BCUT2D eigenvalue weighted by Gasteiger charge is 2.25. The Kier molecular flexibility index (Phi) is 5.04. The summed E-state index contributed by atoms with van der Waals surface area (Å²) in [5.74, 6) is 1.15. The van der Waals surface area contributed by atoms with E-state index >= 15 is 0 Å². The van der Waals surface area contributed by atoms with Gasteiger partial charge in [-0.05, 0) is 38.0 Å². The highest BCUT2D eigenvalue weighted by Crippen LogP contribution is 2.30. The van der Waals surface area contributed by atoms with Gasteiger partial charge in [-0.2, -0.15) is 0 Å². The first-order valence-electron chi connectivity index (χ1n) is 7.63. The molecular formula is C15H27NO2. The third kappa shape index (κ3) is 3.98. The SMILES string of the molecule is CC(CC1CCCC1)C(=O)NC1CCC(O)CC1. The lowest BCUT2D eigenvalue weighted by atomic mass is 9.91. The van der Waals surface area contributed by atoms with Crippen molar-refractivity contribution < 1.29 is 9.90 Å². The summed E-state index contributed by atoms with van der Waals surface area (Å²) >= 11 is 0. The van der Waals surface area contributed by atoms with E-state index in [1.165, 1.54) is 25.7 Å². The van der Waals surface area contributed by atoms with Crippen molar-refractivity contribution in [1.82, 2.24) is 5.32 Å². The second-order valence-electron chi connectivity index (χ2n) is 6.30. The van der Waals surface area contributed by atoms with Crippen LogP contribution in [0.5, 0.6) is 0 Å². The van der Waals surface area contributed by atoms with Crippen molar-refractivity contribution in [3.63, 3.8) is 0 Å². The Labute approximate surface area is 110 Å². The molecule has 0 aromatic rings. The van der Waals surface area contributed by atoms with Crippen LogP contribution in [0.25, 0.3) is 0 Å². The lowest BCUT2D eigenvalue weighted by Gasteiger charge is -2.27. The standard InChI is InChI=1S/C15H27NO2/c1-11(10-12-4-2-3-5-12)15(18)16-13-6-8-14(17)9-7-13/h11-14,17H,2-10H2,1H3,(H,16,18). The topological polar surface area (TPSA) is 49.3 Å². The zero-order valence-electron chi connectivity index (χ0n) is 11.5. The van der Waals surface area contributed by atoms with E-state index in [-0.39, 0.29) is 17.9 Å². The second-order valence-corrected chi connectivity index (χ2v) is 6.30. The van der Waals surface area contributed by atoms with E-state index < -0.39 is 0 Å². The van der Waals surface area contributed by atoms with E-state index in [0.29, 0.717) is 6.04 Å². The summed E-state index contributed by atoms with van der Waals surface area (Å²) in [4.78, 5) is 12.1. The molecule has 0 spiro atoms. The quantitative estimate of drug-likeness (QED) is 0.809. The Morgan fingerprint density at radius 3 is 2.39 bits per heavy atom. The molecule has 2 saturated carbocycles. The van der Waals surface area contributed by atoms with Gasteiger partial charge in [0.2, 0.25) is 5.91 Å². The van der Waals surface area contributed by atoms with Crippen LogP contribution >= 0.6 is 0 Å². The van der Waals surface area contributed by atoms with Crippen LogP contribution in [0.2, 0.25) is 0 Å². The molecule has 2 aliphatic rings. The average Bonchev–Trinajstić information content (AvgIpc) is 2.85. The molecule has 2 fully saturated rings. The monoisotopic (exact) mass is 253 g/mol. The number of hydrogen-bond acceptors (Lipinski definition) is 2. The first-order chi connectivity index (χ1) is 8.65. The molecule has 0 aliphatic heterocycles. The lowest BCUT2D eigenvalue weighted by Crippen LogP contribution is -2.41. The van der Waals surface area contributed by atoms with Crippen LogP contribution in [0, 0.1) is 11.8 Å². The van der Waals surface area contributed by atoms with E-state index in [0.717, 1.165) is 38.0 Å². The summed E-state index contributed by atoms with van der Waals surface area (Å²) in [5, 5.41) is 12.6. The molecule has 104 valence electrons. The van der Waals surface area contributed by atoms with Crippen LogP contribution in [-0.4, -0.2) is 23.2 Å². The molecule has 0 saturated heterocycles. The molecule has 0 radical (unpaired) electrons. The third-order valence-electron chi connectivity index (χ3n) is 4.65. The Balaban J connectivity index is 1.69. The largest absolute Gasteiger partial charge is 0.393 e. The third-order valence-corrected chi connectivity index (χ3v) is 4.65. The summed E-state index contributed by atoms with van der Waals surface area (Å²) in [7, 11) is 0. The zero-order chi connectivity index (χ0) is 13.0. The van der Waals surface area contributed by atoms with Crippen molar-refractivity contribution in [2.75, 3.05) is 0 Å². The smallest absolute Gasteiger partial charge is 0.223 e. The van der Waals surface area contributed by atoms with Gasteiger partial charge in [0, 0.05) is 12.0 Å². The predicted molar refractivity (Wildman–Crippen MR) is 72.1 cm³/mol. The maximum atomic E-state index is 12.1. The molecule has 0 aromatic heterocycles. The van der Waals surface area contributed by atoms with Gasteiger partial charge in [-0.3, -0.25) is 4.79 Å². The van der Waals surface area contributed by atoms with E-state index in [4.69, 9.17) is 0 Å². The summed E-state index contributed by atoms with van der Waals surface area (Å²) in [6.07, 6.45) is 9.77. The van der Waals surface area contributed by atoms with Gasteiger partial charge in [-0.25, -0.2) is 0 Å². The van der Waals surface area contributed by atoms with Crippen molar-refractivity contribution in [2.24, 2.45) is 11.8 Å². The van der Waals surface area contributed by atoms with Crippen LogP contribution in [0.4, 0.5) is 0 Å². The fraction of sp³-hybridized carbons (Fsp3) is 0.933. The summed E-state index contributed by atoms with van der Waals surface area (Å²) in [6.45, 7) is 2.06. The second kappa shape index (κ2) is 6.55. The minimum Gasteiger partial charge on any atom is -0.393 e. The Morgan fingerprint density at radius 1 is 1.17 bits per heavy atom. The normalized spacial score (nSPS) is 31.2. The summed E-state index contributed by atoms with van der Waals surface area (Å²) in [6, 6.07) is 0.298. The summed E-state index contributed by atoms with van der Waals surface area (Å²) < 4.78 is 0. The molecule has 1 unspecified atom stereocenters. The number of rotatable bonds is 4. The molecule has 1 amide bonds. The number of hydrogen-bond donors (Lipinski definition) is 2. The Bertz CT molecular complexity index is 266. The fourth-order valence-corrected chi connectivity index (χ4v) is 3.42. The first kappa shape index (κ1) is 13.9. The molecule has 1 atom stereocenters. The van der Waals surface area contributed by atoms with Crippen molar-refractivity contribution in [3.8, 4) is 0 Å². The van der Waals surface area contributed by atoms with Gasteiger partial charge in [0.25, 0.3) is 0 Å². The van der Waals surface area contributed by atoms with Crippen molar-refractivity contribution in [2.45, 2.75) is 76.9 Å². The van der Waals surface area contributed by atoms with Gasteiger partial charge in [-0.1, -0.05) is 32.6 Å². The van der Waals surface area contributed by atoms with Crippen LogP contribution in [0.1, 0.15) is 64.7 Å². The maximum Gasteiger partial charge on any atom is 0.223 e. The highest BCUT2D eigenvalue weighted by atomic mass is 16.3. The minimum absolute atomic E-state index is 0.144. The molecule has 0 heterocycles. The lowest BCUT2D eigenvalue weighted by molar-refractivity contribution is -0.126. The van der Waals surface area contributed by atoms with E-state index in [1.54, 1.807) is 0 Å². The number of amides is 1. The molecule has 18 heavy (non-hydrogen) atoms. The van der Waals surface area contributed by atoms with Crippen LogP contribution < -0.4 is 5.32 Å². The van der Waals surface area contributed by atoms with Gasteiger partial charge in [0.1, 0.15) is 0 Å². The van der Waals surface area contributed by atoms with Gasteiger partial charge in [0.05, 0.1) is 6.10 Å². The highest BCUT2D eigenvalue weighted by molar-refractivity contribution is 5.78. The van der Waals surface area contributed by atoms with Crippen molar-refractivity contribution >= 4 is 5.91 Å². The Hall–Kier alpha value is -0.570. The van der Waals surface area contributed by atoms with Crippen LogP contribution in [-0.2, 0) is 4.79 Å². The van der Waals surface area contributed by atoms with Crippen molar-refractivity contribution in [1.29, 1.82) is 0 Å². The van der Waals surface area contributed by atoms with Gasteiger partial charge < -0.3 is 10.4 Å². The van der Waals surface area contributed by atoms with Crippen LogP contribution in [0.3, 0.4) is 0 Å². The number of carbonyl (C=O) groups excluding carboxylic acids is 1. The molecule has 2 aliphatic carbocycles. The number of aliphatic hydroxyl groups is 1. The fourth-order valence-electron chi connectivity index (χ4n) is 3.42. The number of aliphatic hydroxyl groups excluding tert-OH is 1.